The van der Waals surface area contributed by atoms with Gasteiger partial charge in [0.2, 0.25) is 0 Å². The first-order valence-electron chi connectivity index (χ1n) is 7.48. The van der Waals surface area contributed by atoms with Gasteiger partial charge in [0.25, 0.3) is 0 Å². The van der Waals surface area contributed by atoms with Gasteiger partial charge in [-0.05, 0) is 51.0 Å². The van der Waals surface area contributed by atoms with Crippen molar-refractivity contribution in [1.29, 1.82) is 0 Å². The van der Waals surface area contributed by atoms with Crippen molar-refractivity contribution in [2.45, 2.75) is 69.9 Å². The van der Waals surface area contributed by atoms with E-state index in [1.54, 1.807) is 0 Å². The third-order valence-electron chi connectivity index (χ3n) is 5.36. The SMILES string of the molecule is CCC1CCCC(C(NC)C2(OC)CCC2)C1. The minimum absolute atomic E-state index is 0.162. The first kappa shape index (κ1) is 13.4. The van der Waals surface area contributed by atoms with E-state index in [2.05, 4.69) is 19.3 Å². The van der Waals surface area contributed by atoms with Crippen LogP contribution >= 0.6 is 0 Å². The van der Waals surface area contributed by atoms with Gasteiger partial charge in [0.15, 0.2) is 0 Å². The molecular formula is C15H29NO. The Morgan fingerprint density at radius 3 is 2.53 bits per heavy atom. The Balaban J connectivity index is 2.02. The van der Waals surface area contributed by atoms with E-state index in [9.17, 15) is 0 Å². The van der Waals surface area contributed by atoms with Crippen LogP contribution in [0.2, 0.25) is 0 Å². The van der Waals surface area contributed by atoms with Crippen molar-refractivity contribution in [2.75, 3.05) is 14.2 Å². The molecule has 1 N–H and O–H groups in total. The molecular weight excluding hydrogens is 210 g/mol. The first-order chi connectivity index (χ1) is 8.25. The molecule has 0 radical (unpaired) electrons. The fraction of sp³-hybridized carbons (Fsp3) is 1.00. The lowest BCUT2D eigenvalue weighted by Crippen LogP contribution is -2.59. The summed E-state index contributed by atoms with van der Waals surface area (Å²) < 4.78 is 5.89. The van der Waals surface area contributed by atoms with Gasteiger partial charge in [-0.3, -0.25) is 0 Å². The van der Waals surface area contributed by atoms with Crippen molar-refractivity contribution < 1.29 is 4.74 Å². The van der Waals surface area contributed by atoms with Gasteiger partial charge in [0, 0.05) is 13.2 Å². The largest absolute Gasteiger partial charge is 0.377 e. The quantitative estimate of drug-likeness (QED) is 0.794. The molecule has 0 aromatic heterocycles. The molecule has 0 aliphatic heterocycles. The van der Waals surface area contributed by atoms with Crippen LogP contribution in [0, 0.1) is 11.8 Å². The van der Waals surface area contributed by atoms with Crippen molar-refractivity contribution in [3.05, 3.63) is 0 Å². The van der Waals surface area contributed by atoms with Gasteiger partial charge in [-0.15, -0.1) is 0 Å². The second-order valence-electron chi connectivity index (χ2n) is 6.09. The standard InChI is InChI=1S/C15H29NO/c1-4-12-7-5-8-13(11-12)14(16-2)15(17-3)9-6-10-15/h12-14,16H,4-11H2,1-3H3. The van der Waals surface area contributed by atoms with Crippen LogP contribution in [0.1, 0.15) is 58.3 Å². The average Bonchev–Trinajstić information content (AvgIpc) is 2.33. The number of likely N-dealkylation sites (N-methyl/N-ethyl adjacent to an activating group) is 1. The summed E-state index contributed by atoms with van der Waals surface area (Å²) >= 11 is 0. The molecule has 2 saturated carbocycles. The van der Waals surface area contributed by atoms with Gasteiger partial charge >= 0.3 is 0 Å². The Morgan fingerprint density at radius 1 is 1.29 bits per heavy atom. The molecule has 2 fully saturated rings. The minimum atomic E-state index is 0.162. The zero-order valence-electron chi connectivity index (χ0n) is 11.8. The zero-order valence-corrected chi connectivity index (χ0v) is 11.8. The number of nitrogens with one attached hydrogen (secondary N) is 1. The lowest BCUT2D eigenvalue weighted by molar-refractivity contribution is -0.114. The molecule has 2 heteroatoms. The summed E-state index contributed by atoms with van der Waals surface area (Å²) in [4.78, 5) is 0. The Bertz CT molecular complexity index is 232. The van der Waals surface area contributed by atoms with E-state index < -0.39 is 0 Å². The van der Waals surface area contributed by atoms with E-state index in [0.717, 1.165) is 11.8 Å². The van der Waals surface area contributed by atoms with E-state index >= 15 is 0 Å². The van der Waals surface area contributed by atoms with E-state index in [1.807, 2.05) is 7.11 Å². The molecule has 0 heterocycles. The highest BCUT2D eigenvalue weighted by Crippen LogP contribution is 2.44. The summed E-state index contributed by atoms with van der Waals surface area (Å²) in [6.07, 6.45) is 10.9. The molecule has 0 aromatic rings. The molecule has 2 nitrogen and oxygen atoms in total. The number of methoxy groups -OCH3 is 1. The van der Waals surface area contributed by atoms with Gasteiger partial charge in [-0.25, -0.2) is 0 Å². The van der Waals surface area contributed by atoms with Crippen LogP contribution in [-0.2, 0) is 4.74 Å². The van der Waals surface area contributed by atoms with Crippen molar-refractivity contribution in [1.82, 2.24) is 5.32 Å². The fourth-order valence-electron chi connectivity index (χ4n) is 4.10. The van der Waals surface area contributed by atoms with Gasteiger partial charge in [-0.2, -0.15) is 0 Å². The van der Waals surface area contributed by atoms with Gasteiger partial charge in [0.1, 0.15) is 0 Å². The molecule has 0 spiro atoms. The Kier molecular flexibility index (Phi) is 4.48. The number of rotatable bonds is 5. The number of ether oxygens (including phenoxy) is 1. The molecule has 17 heavy (non-hydrogen) atoms. The van der Waals surface area contributed by atoms with Crippen LogP contribution in [0.4, 0.5) is 0 Å². The van der Waals surface area contributed by atoms with Crippen molar-refractivity contribution in [3.8, 4) is 0 Å². The molecule has 0 amide bonds. The van der Waals surface area contributed by atoms with E-state index in [-0.39, 0.29) is 5.60 Å². The third-order valence-corrected chi connectivity index (χ3v) is 5.36. The Labute approximate surface area is 107 Å². The van der Waals surface area contributed by atoms with Crippen LogP contribution < -0.4 is 5.32 Å². The van der Waals surface area contributed by atoms with Crippen molar-refractivity contribution in [2.24, 2.45) is 11.8 Å². The lowest BCUT2D eigenvalue weighted by Gasteiger charge is -2.50. The molecule has 0 aromatic carbocycles. The summed E-state index contributed by atoms with van der Waals surface area (Å²) in [6.45, 7) is 2.34. The molecule has 2 rings (SSSR count). The Morgan fingerprint density at radius 2 is 2.06 bits per heavy atom. The predicted molar refractivity (Wildman–Crippen MR) is 72.2 cm³/mol. The highest BCUT2D eigenvalue weighted by molar-refractivity contribution is 5.02. The maximum Gasteiger partial charge on any atom is 0.0833 e. The van der Waals surface area contributed by atoms with E-state index in [1.165, 1.54) is 51.4 Å². The van der Waals surface area contributed by atoms with Crippen LogP contribution in [0.15, 0.2) is 0 Å². The highest BCUT2D eigenvalue weighted by atomic mass is 16.5. The molecule has 3 unspecified atom stereocenters. The predicted octanol–water partition coefficient (Wildman–Crippen LogP) is 3.36. The Hall–Kier alpha value is -0.0800. The second-order valence-corrected chi connectivity index (χ2v) is 6.09. The molecule has 3 atom stereocenters. The summed E-state index contributed by atoms with van der Waals surface area (Å²) in [5.41, 5.74) is 0.162. The molecule has 100 valence electrons. The van der Waals surface area contributed by atoms with Crippen LogP contribution in [0.5, 0.6) is 0 Å². The monoisotopic (exact) mass is 239 g/mol. The smallest absolute Gasteiger partial charge is 0.0833 e. The topological polar surface area (TPSA) is 21.3 Å². The van der Waals surface area contributed by atoms with Crippen LogP contribution in [0.25, 0.3) is 0 Å². The average molecular weight is 239 g/mol. The van der Waals surface area contributed by atoms with Gasteiger partial charge in [-0.1, -0.05) is 26.2 Å². The third kappa shape index (κ3) is 2.53. The summed E-state index contributed by atoms with van der Waals surface area (Å²) in [5.74, 6) is 1.79. The van der Waals surface area contributed by atoms with Gasteiger partial charge in [0.05, 0.1) is 5.60 Å². The molecule has 2 aliphatic rings. The highest BCUT2D eigenvalue weighted by Gasteiger charge is 2.47. The molecule has 0 bridgehead atoms. The molecule has 2 aliphatic carbocycles. The van der Waals surface area contributed by atoms with Crippen LogP contribution in [-0.4, -0.2) is 25.8 Å². The summed E-state index contributed by atoms with van der Waals surface area (Å²) in [5, 5.41) is 3.59. The normalized spacial score (nSPS) is 34.1. The summed E-state index contributed by atoms with van der Waals surface area (Å²) in [7, 11) is 4.03. The fourth-order valence-corrected chi connectivity index (χ4v) is 4.10. The summed E-state index contributed by atoms with van der Waals surface area (Å²) in [6, 6.07) is 0.579. The van der Waals surface area contributed by atoms with Gasteiger partial charge < -0.3 is 10.1 Å². The van der Waals surface area contributed by atoms with E-state index in [0.29, 0.717) is 6.04 Å². The van der Waals surface area contributed by atoms with Crippen LogP contribution in [0.3, 0.4) is 0 Å². The maximum atomic E-state index is 5.89. The number of hydrogen-bond acceptors (Lipinski definition) is 2. The zero-order chi connectivity index (χ0) is 12.3. The first-order valence-corrected chi connectivity index (χ1v) is 7.48. The van der Waals surface area contributed by atoms with Crippen molar-refractivity contribution in [3.63, 3.8) is 0 Å². The lowest BCUT2D eigenvalue weighted by atomic mass is 9.65. The van der Waals surface area contributed by atoms with E-state index in [4.69, 9.17) is 4.74 Å². The minimum Gasteiger partial charge on any atom is -0.377 e. The molecule has 0 saturated heterocycles. The second kappa shape index (κ2) is 5.71. The number of hydrogen-bond donors (Lipinski definition) is 1. The van der Waals surface area contributed by atoms with Crippen molar-refractivity contribution >= 4 is 0 Å². The maximum absolute atomic E-state index is 5.89.